The fourth-order valence-electron chi connectivity index (χ4n) is 4.14. The van der Waals surface area contributed by atoms with Crippen LogP contribution in [0.5, 0.6) is 0 Å². The first kappa shape index (κ1) is 16.5. The maximum Gasteiger partial charge on any atom is 0.246 e. The lowest BCUT2D eigenvalue weighted by atomic mass is 9.82. The van der Waals surface area contributed by atoms with Crippen molar-refractivity contribution < 1.29 is 18.7 Å². The first-order chi connectivity index (χ1) is 12.1. The van der Waals surface area contributed by atoms with Crippen molar-refractivity contribution in [1.82, 2.24) is 10.2 Å². The molecule has 1 aromatic rings. The summed E-state index contributed by atoms with van der Waals surface area (Å²) >= 11 is 0. The molecule has 134 valence electrons. The van der Waals surface area contributed by atoms with E-state index in [9.17, 15) is 14.0 Å². The molecule has 2 amide bonds. The van der Waals surface area contributed by atoms with Gasteiger partial charge in [0, 0.05) is 25.4 Å². The zero-order valence-electron chi connectivity index (χ0n) is 14.1. The van der Waals surface area contributed by atoms with Crippen LogP contribution in [-0.2, 0) is 14.3 Å². The fourth-order valence-corrected chi connectivity index (χ4v) is 4.14. The number of rotatable bonds is 3. The van der Waals surface area contributed by atoms with Crippen molar-refractivity contribution in [1.29, 1.82) is 0 Å². The molecule has 3 aliphatic rings. The van der Waals surface area contributed by atoms with Gasteiger partial charge in [0.2, 0.25) is 11.8 Å². The number of nitrogens with zero attached hydrogens (tertiary/aromatic N) is 1. The van der Waals surface area contributed by atoms with Gasteiger partial charge in [0.1, 0.15) is 12.4 Å². The van der Waals surface area contributed by atoms with E-state index >= 15 is 0 Å². The van der Waals surface area contributed by atoms with Gasteiger partial charge in [-0.25, -0.2) is 4.39 Å². The first-order valence-electron chi connectivity index (χ1n) is 9.05. The van der Waals surface area contributed by atoms with Crippen LogP contribution in [0.1, 0.15) is 37.2 Å². The summed E-state index contributed by atoms with van der Waals surface area (Å²) in [5.41, 5.74) is 0.949. The van der Waals surface area contributed by atoms with Crippen LogP contribution < -0.4 is 5.32 Å². The molecule has 2 heterocycles. The Morgan fingerprint density at radius 3 is 2.72 bits per heavy atom. The van der Waals surface area contributed by atoms with Crippen LogP contribution in [0.25, 0.3) is 0 Å². The molecule has 0 bridgehead atoms. The van der Waals surface area contributed by atoms with Gasteiger partial charge in [0.05, 0.1) is 12.1 Å². The number of nitrogens with one attached hydrogen (secondary N) is 1. The van der Waals surface area contributed by atoms with E-state index in [-0.39, 0.29) is 42.3 Å². The predicted molar refractivity (Wildman–Crippen MR) is 89.3 cm³/mol. The van der Waals surface area contributed by atoms with E-state index in [1.165, 1.54) is 18.6 Å². The van der Waals surface area contributed by atoms with Gasteiger partial charge in [-0.2, -0.15) is 0 Å². The molecule has 4 rings (SSSR count). The van der Waals surface area contributed by atoms with Crippen LogP contribution in [0.4, 0.5) is 4.39 Å². The maximum absolute atomic E-state index is 13.3. The molecule has 25 heavy (non-hydrogen) atoms. The topological polar surface area (TPSA) is 58.6 Å². The van der Waals surface area contributed by atoms with Crippen molar-refractivity contribution in [3.63, 3.8) is 0 Å². The van der Waals surface area contributed by atoms with Crippen molar-refractivity contribution in [2.24, 2.45) is 5.92 Å². The van der Waals surface area contributed by atoms with Crippen LogP contribution in [0, 0.1) is 11.7 Å². The highest BCUT2D eigenvalue weighted by molar-refractivity contribution is 5.79. The lowest BCUT2D eigenvalue weighted by Gasteiger charge is -2.30. The van der Waals surface area contributed by atoms with Crippen LogP contribution >= 0.6 is 0 Å². The Morgan fingerprint density at radius 2 is 2.04 bits per heavy atom. The number of likely N-dealkylation sites (tertiary alicyclic amines) is 1. The lowest BCUT2D eigenvalue weighted by Crippen LogP contribution is -2.46. The Kier molecular flexibility index (Phi) is 4.46. The van der Waals surface area contributed by atoms with Gasteiger partial charge in [-0.3, -0.25) is 9.59 Å². The number of fused-ring (bicyclic) bond motifs is 1. The number of amides is 2. The highest BCUT2D eigenvalue weighted by atomic mass is 19.1. The average molecular weight is 346 g/mol. The molecule has 0 aromatic heterocycles. The number of hydrogen-bond donors (Lipinski definition) is 1. The lowest BCUT2D eigenvalue weighted by molar-refractivity contribution is -0.134. The third kappa shape index (κ3) is 3.27. The van der Waals surface area contributed by atoms with E-state index in [2.05, 4.69) is 5.32 Å². The summed E-state index contributed by atoms with van der Waals surface area (Å²) in [4.78, 5) is 26.4. The van der Waals surface area contributed by atoms with E-state index in [0.717, 1.165) is 18.4 Å². The number of halogens is 1. The smallest absolute Gasteiger partial charge is 0.246 e. The monoisotopic (exact) mass is 346 g/mol. The van der Waals surface area contributed by atoms with Gasteiger partial charge < -0.3 is 15.0 Å². The highest BCUT2D eigenvalue weighted by Gasteiger charge is 2.47. The van der Waals surface area contributed by atoms with Crippen molar-refractivity contribution in [2.75, 3.05) is 19.7 Å². The van der Waals surface area contributed by atoms with Crippen molar-refractivity contribution in [3.8, 4) is 0 Å². The van der Waals surface area contributed by atoms with Gasteiger partial charge in [-0.15, -0.1) is 0 Å². The average Bonchev–Trinajstić information content (AvgIpc) is 2.82. The molecule has 5 nitrogen and oxygen atoms in total. The second-order valence-electron chi connectivity index (χ2n) is 7.35. The summed E-state index contributed by atoms with van der Waals surface area (Å²) in [6.45, 7) is 0.976. The Balaban J connectivity index is 1.57. The third-order valence-corrected chi connectivity index (χ3v) is 5.79. The number of benzene rings is 1. The molecule has 1 N–H and O–H groups in total. The summed E-state index contributed by atoms with van der Waals surface area (Å²) in [6, 6.07) is 6.21. The number of carbonyl (C=O) groups is 2. The van der Waals surface area contributed by atoms with E-state index < -0.39 is 0 Å². The Hall–Kier alpha value is -1.95. The zero-order chi connectivity index (χ0) is 17.4. The van der Waals surface area contributed by atoms with E-state index in [1.807, 2.05) is 4.90 Å². The molecule has 1 aromatic carbocycles. The molecule has 2 aliphatic heterocycles. The minimum atomic E-state index is -0.283. The second-order valence-corrected chi connectivity index (χ2v) is 7.35. The van der Waals surface area contributed by atoms with Crippen LogP contribution in [-0.4, -0.2) is 48.6 Å². The van der Waals surface area contributed by atoms with Gasteiger partial charge >= 0.3 is 0 Å². The standard InChI is InChI=1S/C19H23FN2O3/c20-14-6-4-13(5-7-14)15-10-22(18(24)8-12-2-1-3-12)16-9-21-17(23)11-25-19(15)16/h4-7,12,15-16,19H,1-3,8-11H2,(H,21,23)/t15-,16-,19-/m1/s1. The minimum absolute atomic E-state index is 0.00349. The molecule has 0 spiro atoms. The fraction of sp³-hybridized carbons (Fsp3) is 0.579. The van der Waals surface area contributed by atoms with E-state index in [4.69, 9.17) is 4.74 Å². The molecule has 2 saturated heterocycles. The summed E-state index contributed by atoms with van der Waals surface area (Å²) < 4.78 is 19.1. The van der Waals surface area contributed by atoms with Gasteiger partial charge in [-0.1, -0.05) is 18.6 Å². The molecule has 1 saturated carbocycles. The number of carbonyl (C=O) groups excluding carboxylic acids is 2. The normalized spacial score (nSPS) is 29.6. The molecule has 0 unspecified atom stereocenters. The van der Waals surface area contributed by atoms with Crippen LogP contribution in [0.2, 0.25) is 0 Å². The molecule has 3 fully saturated rings. The first-order valence-corrected chi connectivity index (χ1v) is 9.05. The molecule has 6 heteroatoms. The summed E-state index contributed by atoms with van der Waals surface area (Å²) in [5.74, 6) is 0.165. The van der Waals surface area contributed by atoms with Crippen molar-refractivity contribution >= 4 is 11.8 Å². The van der Waals surface area contributed by atoms with Crippen LogP contribution in [0.3, 0.4) is 0 Å². The molecule has 1 aliphatic carbocycles. The number of ether oxygens (including phenoxy) is 1. The van der Waals surface area contributed by atoms with Gasteiger partial charge in [0.25, 0.3) is 0 Å². The SMILES string of the molecule is O=C1CO[C@@H]2[C@@H](c3ccc(F)cc3)CN(C(=O)CC3CCC3)[C@@H]2CN1. The zero-order valence-corrected chi connectivity index (χ0v) is 14.1. The quantitative estimate of drug-likeness (QED) is 0.908. The van der Waals surface area contributed by atoms with Crippen LogP contribution in [0.15, 0.2) is 24.3 Å². The second kappa shape index (κ2) is 6.75. The van der Waals surface area contributed by atoms with E-state index in [0.29, 0.717) is 25.4 Å². The Morgan fingerprint density at radius 1 is 1.28 bits per heavy atom. The Labute approximate surface area is 146 Å². The van der Waals surface area contributed by atoms with Crippen molar-refractivity contribution in [3.05, 3.63) is 35.6 Å². The minimum Gasteiger partial charge on any atom is -0.365 e. The Bertz CT molecular complexity index is 659. The molecule has 3 atom stereocenters. The van der Waals surface area contributed by atoms with Gasteiger partial charge in [0.15, 0.2) is 0 Å². The maximum atomic E-state index is 13.3. The highest BCUT2D eigenvalue weighted by Crippen LogP contribution is 2.37. The predicted octanol–water partition coefficient (Wildman–Crippen LogP) is 1.83. The molecular weight excluding hydrogens is 323 g/mol. The number of hydrogen-bond acceptors (Lipinski definition) is 3. The summed E-state index contributed by atoms with van der Waals surface area (Å²) in [7, 11) is 0. The van der Waals surface area contributed by atoms with Crippen molar-refractivity contribution in [2.45, 2.75) is 43.7 Å². The summed E-state index contributed by atoms with van der Waals surface area (Å²) in [5, 5.41) is 2.85. The molecular formula is C19H23FN2O3. The molecule has 0 radical (unpaired) electrons. The largest absolute Gasteiger partial charge is 0.365 e. The summed E-state index contributed by atoms with van der Waals surface area (Å²) in [6.07, 6.45) is 3.80. The van der Waals surface area contributed by atoms with Gasteiger partial charge in [-0.05, 0) is 36.5 Å². The van der Waals surface area contributed by atoms with E-state index in [1.54, 1.807) is 12.1 Å². The third-order valence-electron chi connectivity index (χ3n) is 5.79.